The Hall–Kier alpha value is -2.74. The van der Waals surface area contributed by atoms with Gasteiger partial charge in [0.15, 0.2) is 0 Å². The maximum Gasteiger partial charge on any atom is -1.00 e. The second-order valence-electron chi connectivity index (χ2n) is 12.5. The van der Waals surface area contributed by atoms with Crippen molar-refractivity contribution in [2.75, 3.05) is 0 Å². The summed E-state index contributed by atoms with van der Waals surface area (Å²) >= 11 is -2.19. The second-order valence-corrected chi connectivity index (χ2v) is 30.3. The predicted molar refractivity (Wildman–Crippen MR) is 184 cm³/mol. The molecule has 0 spiro atoms. The van der Waals surface area contributed by atoms with E-state index in [4.69, 9.17) is 0 Å². The summed E-state index contributed by atoms with van der Waals surface area (Å²) in [4.78, 5) is 0. The molecule has 45 heavy (non-hydrogen) atoms. The van der Waals surface area contributed by atoms with Crippen LogP contribution >= 0.6 is 0 Å². The van der Waals surface area contributed by atoms with Gasteiger partial charge in [0, 0.05) is 0 Å². The van der Waals surface area contributed by atoms with E-state index in [-0.39, 0.29) is 24.8 Å². The fourth-order valence-electron chi connectivity index (χ4n) is 8.08. The summed E-state index contributed by atoms with van der Waals surface area (Å²) in [6, 6.07) is 46.3. The van der Waals surface area contributed by atoms with Crippen molar-refractivity contribution in [3.63, 3.8) is 0 Å². The Balaban J connectivity index is 0.00000179. The van der Waals surface area contributed by atoms with Crippen LogP contribution in [0.2, 0.25) is 13.1 Å². The van der Waals surface area contributed by atoms with Crippen molar-refractivity contribution in [2.45, 2.75) is 40.1 Å². The van der Waals surface area contributed by atoms with Crippen LogP contribution in [-0.4, -0.2) is 5.43 Å². The van der Waals surface area contributed by atoms with Crippen molar-refractivity contribution < 1.29 is 45.2 Å². The van der Waals surface area contributed by atoms with E-state index in [2.05, 4.69) is 147 Å². The monoisotopic (exact) mass is 716 g/mol. The van der Waals surface area contributed by atoms with E-state index in [1.54, 1.807) is 22.3 Å². The molecule has 8 rings (SSSR count). The van der Waals surface area contributed by atoms with Crippen LogP contribution in [0.3, 0.4) is 0 Å². The smallest absolute Gasteiger partial charge is 1.00 e. The molecule has 0 aliphatic heterocycles. The molecular formula is C41H36Cl2SiZr. The second kappa shape index (κ2) is 13.2. The average Bonchev–Trinajstić information content (AvgIpc) is 3.57. The van der Waals surface area contributed by atoms with Crippen LogP contribution in [0.4, 0.5) is 0 Å². The third-order valence-electron chi connectivity index (χ3n) is 9.78. The molecule has 1 unspecified atom stereocenters. The van der Waals surface area contributed by atoms with E-state index < -0.39 is 25.8 Å². The molecule has 0 radical (unpaired) electrons. The van der Waals surface area contributed by atoms with E-state index in [1.807, 2.05) is 0 Å². The average molecular weight is 719 g/mol. The largest absolute Gasteiger partial charge is 1.00 e. The Labute approximate surface area is 287 Å². The Bertz CT molecular complexity index is 2090. The molecule has 0 heterocycles. The molecule has 6 aromatic rings. The molecular weight excluding hydrogens is 683 g/mol. The molecule has 4 heteroatoms. The van der Waals surface area contributed by atoms with E-state index in [1.165, 1.54) is 62.2 Å². The number of fused-ring (bicyclic) bond motifs is 7. The van der Waals surface area contributed by atoms with Crippen molar-refractivity contribution in [1.29, 1.82) is 0 Å². The SMILES string of the molecule is CCCC1=Cc2c(-c3cc4ccccc4c4ccccc34)cccc2[CH]1[Zr+2]([CH]1c2ccccc2-c2ccccc21)=[Si](C)C.[Cl-].[Cl-]. The van der Waals surface area contributed by atoms with Crippen molar-refractivity contribution >= 4 is 33.1 Å². The van der Waals surface area contributed by atoms with E-state index in [0.717, 1.165) is 0 Å². The van der Waals surface area contributed by atoms with Gasteiger partial charge in [0.2, 0.25) is 0 Å². The fourth-order valence-corrected chi connectivity index (χ4v) is 28.3. The summed E-state index contributed by atoms with van der Waals surface area (Å²) < 4.78 is 1.26. The number of allylic oxidation sites excluding steroid dienone is 1. The van der Waals surface area contributed by atoms with Crippen LogP contribution in [0, 0.1) is 0 Å². The zero-order valence-electron chi connectivity index (χ0n) is 25.9. The summed E-state index contributed by atoms with van der Waals surface area (Å²) in [6.07, 6.45) is 5.06. The summed E-state index contributed by atoms with van der Waals surface area (Å²) in [7, 11) is 0. The number of rotatable bonds is 5. The van der Waals surface area contributed by atoms with Crippen molar-refractivity contribution in [3.8, 4) is 22.3 Å². The maximum atomic E-state index is 2.65. The van der Waals surface area contributed by atoms with Gasteiger partial charge in [-0.3, -0.25) is 0 Å². The molecule has 0 saturated heterocycles. The van der Waals surface area contributed by atoms with Gasteiger partial charge in [-0.1, -0.05) is 0 Å². The zero-order chi connectivity index (χ0) is 29.1. The molecule has 0 amide bonds. The number of hydrogen-bond donors (Lipinski definition) is 0. The summed E-state index contributed by atoms with van der Waals surface area (Å²) in [5.74, 6) is 0. The Morgan fingerprint density at radius 1 is 0.556 bits per heavy atom. The third-order valence-corrected chi connectivity index (χ3v) is 29.1. The van der Waals surface area contributed by atoms with Gasteiger partial charge in [0.25, 0.3) is 0 Å². The summed E-state index contributed by atoms with van der Waals surface area (Å²) in [5.41, 5.74) is 13.3. The Morgan fingerprint density at radius 3 is 1.78 bits per heavy atom. The first-order valence-electron chi connectivity index (χ1n) is 15.8. The van der Waals surface area contributed by atoms with Gasteiger partial charge in [-0.05, 0) is 0 Å². The van der Waals surface area contributed by atoms with Gasteiger partial charge in [-0.15, -0.1) is 0 Å². The van der Waals surface area contributed by atoms with Crippen molar-refractivity contribution in [2.24, 2.45) is 0 Å². The third kappa shape index (κ3) is 5.23. The Kier molecular flexibility index (Phi) is 9.43. The molecule has 0 fully saturated rings. The molecule has 6 aromatic carbocycles. The van der Waals surface area contributed by atoms with E-state index >= 15 is 0 Å². The van der Waals surface area contributed by atoms with Gasteiger partial charge in [0.1, 0.15) is 0 Å². The van der Waals surface area contributed by atoms with Crippen LogP contribution in [0.15, 0.2) is 127 Å². The maximum absolute atomic E-state index is 2.65. The minimum Gasteiger partial charge on any atom is -1.00 e. The van der Waals surface area contributed by atoms with Crippen LogP contribution in [0.1, 0.15) is 49.3 Å². The minimum atomic E-state index is -2.19. The molecule has 0 bridgehead atoms. The van der Waals surface area contributed by atoms with Gasteiger partial charge in [-0.25, -0.2) is 0 Å². The first-order chi connectivity index (χ1) is 21.2. The van der Waals surface area contributed by atoms with Crippen molar-refractivity contribution in [3.05, 3.63) is 149 Å². The van der Waals surface area contributed by atoms with Crippen LogP contribution in [-0.2, 0) is 20.4 Å². The standard InChI is InChI=1S/C26H21.C13H9.C2H6Si.2ClH.Zr/c1-2-8-18-15-19-10-7-14-24(25(19)16-18)26-17-20-9-3-4-11-21(20)22-12-5-6-13-23(22)26;1-3-7-12-10(5-1)9-11-6-2-4-8-13(11)12;1-3-2;;;/h3-7,9-17H,2,8H2,1H3;1-9H;1-2H3;2*1H;/q;;;;;+2/p-2. The molecule has 2 aliphatic rings. The van der Waals surface area contributed by atoms with E-state index in [9.17, 15) is 0 Å². The van der Waals surface area contributed by atoms with Crippen LogP contribution in [0.25, 0.3) is 49.9 Å². The molecule has 1 atom stereocenters. The zero-order valence-corrected chi connectivity index (χ0v) is 30.9. The Morgan fingerprint density at radius 2 is 1.11 bits per heavy atom. The molecule has 0 aromatic heterocycles. The van der Waals surface area contributed by atoms with Gasteiger partial charge >= 0.3 is 265 Å². The molecule has 0 N–H and O–H groups in total. The molecule has 2 aliphatic carbocycles. The summed E-state index contributed by atoms with van der Waals surface area (Å²) in [6.45, 7) is 7.65. The number of hydrogen-bond acceptors (Lipinski definition) is 0. The van der Waals surface area contributed by atoms with Gasteiger partial charge < -0.3 is 24.8 Å². The van der Waals surface area contributed by atoms with Gasteiger partial charge in [0.05, 0.1) is 0 Å². The first kappa shape index (κ1) is 32.2. The van der Waals surface area contributed by atoms with E-state index in [0.29, 0.717) is 7.25 Å². The fraction of sp³-hybridized carbons (Fsp3) is 0.171. The summed E-state index contributed by atoms with van der Waals surface area (Å²) in [5, 5.41) is 5.37. The van der Waals surface area contributed by atoms with Gasteiger partial charge in [-0.2, -0.15) is 0 Å². The molecule has 0 nitrogen and oxygen atoms in total. The number of benzene rings is 6. The predicted octanol–water partition coefficient (Wildman–Crippen LogP) is 5.55. The normalized spacial score (nSPS) is 14.4. The quantitative estimate of drug-likeness (QED) is 0.162. The first-order valence-corrected chi connectivity index (χ1v) is 24.8. The number of halogens is 2. The topological polar surface area (TPSA) is 0 Å². The molecule has 222 valence electrons. The van der Waals surface area contributed by atoms with Crippen molar-refractivity contribution in [1.82, 2.24) is 0 Å². The van der Waals surface area contributed by atoms with Crippen LogP contribution < -0.4 is 24.8 Å². The van der Waals surface area contributed by atoms with Crippen LogP contribution in [0.5, 0.6) is 0 Å². The molecule has 0 saturated carbocycles. The minimum absolute atomic E-state index is 0.